The molecule has 0 radical (unpaired) electrons. The molecule has 3 fully saturated rings. The second kappa shape index (κ2) is 10.1. The Hall–Kier alpha value is -2.33. The lowest BCUT2D eigenvalue weighted by Gasteiger charge is -2.32. The van der Waals surface area contributed by atoms with Crippen molar-refractivity contribution in [3.63, 3.8) is 0 Å². The van der Waals surface area contributed by atoms with Crippen LogP contribution in [0.5, 0.6) is 5.75 Å². The first kappa shape index (κ1) is 24.3. The number of halogens is 3. The van der Waals surface area contributed by atoms with Crippen molar-refractivity contribution in [3.8, 4) is 5.75 Å². The zero-order chi connectivity index (χ0) is 23.4. The Morgan fingerprint density at radius 3 is 2.53 bits per heavy atom. The number of benzene rings is 1. The van der Waals surface area contributed by atoms with E-state index in [0.29, 0.717) is 18.5 Å². The van der Waals surface area contributed by atoms with Crippen LogP contribution in [0, 0.1) is 5.41 Å². The number of carboxylic acid groups (broad SMARTS) is 1. The maximum Gasteiger partial charge on any atom is 0.490 e. The Labute approximate surface area is 185 Å². The average Bonchev–Trinajstić information content (AvgIpc) is 3.34. The van der Waals surface area contributed by atoms with Gasteiger partial charge < -0.3 is 19.5 Å². The van der Waals surface area contributed by atoms with E-state index >= 15 is 0 Å². The van der Waals surface area contributed by atoms with Gasteiger partial charge in [0.05, 0.1) is 12.5 Å². The first-order chi connectivity index (χ1) is 15.1. The van der Waals surface area contributed by atoms with Gasteiger partial charge in [0, 0.05) is 38.9 Å². The lowest BCUT2D eigenvalue weighted by Crippen LogP contribution is -2.41. The molecule has 3 heterocycles. The third-order valence-corrected chi connectivity index (χ3v) is 6.44. The number of carboxylic acids is 1. The summed E-state index contributed by atoms with van der Waals surface area (Å²) in [5.74, 6) is -1.55. The van der Waals surface area contributed by atoms with Gasteiger partial charge in [-0.2, -0.15) is 13.2 Å². The van der Waals surface area contributed by atoms with Crippen LogP contribution in [0.1, 0.15) is 31.2 Å². The first-order valence-electron chi connectivity index (χ1n) is 10.7. The van der Waals surface area contributed by atoms with Gasteiger partial charge in [-0.25, -0.2) is 4.79 Å². The highest BCUT2D eigenvalue weighted by atomic mass is 19.4. The highest BCUT2D eigenvalue weighted by molar-refractivity contribution is 5.85. The fourth-order valence-electron chi connectivity index (χ4n) is 4.68. The molecule has 0 saturated carbocycles. The second-order valence-corrected chi connectivity index (χ2v) is 8.48. The van der Waals surface area contributed by atoms with Crippen LogP contribution in [-0.4, -0.2) is 79.0 Å². The molecule has 1 aromatic carbocycles. The lowest BCUT2D eigenvalue weighted by atomic mass is 9.85. The number of ether oxygens (including phenoxy) is 2. The molecule has 0 aliphatic carbocycles. The van der Waals surface area contributed by atoms with Gasteiger partial charge in [0.25, 0.3) is 0 Å². The zero-order valence-corrected chi connectivity index (χ0v) is 18.1. The van der Waals surface area contributed by atoms with Gasteiger partial charge in [0.15, 0.2) is 0 Å². The van der Waals surface area contributed by atoms with Crippen molar-refractivity contribution in [2.75, 3.05) is 40.0 Å². The third kappa shape index (κ3) is 5.72. The Balaban J connectivity index is 0.000000360. The Morgan fingerprint density at radius 1 is 1.25 bits per heavy atom. The molecule has 1 N–H and O–H groups in total. The van der Waals surface area contributed by atoms with Crippen molar-refractivity contribution in [2.24, 2.45) is 5.41 Å². The maximum absolute atomic E-state index is 13.2. The number of hydrogen-bond acceptors (Lipinski definition) is 5. The summed E-state index contributed by atoms with van der Waals surface area (Å²) in [5, 5.41) is 7.12. The average molecular weight is 458 g/mol. The summed E-state index contributed by atoms with van der Waals surface area (Å²) in [5.41, 5.74) is 1.00. The number of alkyl halides is 3. The second-order valence-electron chi connectivity index (χ2n) is 8.48. The number of rotatable bonds is 4. The lowest BCUT2D eigenvalue weighted by molar-refractivity contribution is -0.192. The molecule has 1 spiro atoms. The van der Waals surface area contributed by atoms with E-state index in [9.17, 15) is 18.0 Å². The van der Waals surface area contributed by atoms with Crippen LogP contribution >= 0.6 is 0 Å². The summed E-state index contributed by atoms with van der Waals surface area (Å²) < 4.78 is 42.5. The van der Waals surface area contributed by atoms with Crippen LogP contribution in [0.2, 0.25) is 0 Å². The highest BCUT2D eigenvalue weighted by Crippen LogP contribution is 2.42. The first-order valence-corrected chi connectivity index (χ1v) is 10.7. The minimum absolute atomic E-state index is 0.142. The molecule has 10 heteroatoms. The van der Waals surface area contributed by atoms with Crippen LogP contribution in [0.15, 0.2) is 24.3 Å². The van der Waals surface area contributed by atoms with Crippen LogP contribution in [0.4, 0.5) is 13.2 Å². The largest absolute Gasteiger partial charge is 0.497 e. The van der Waals surface area contributed by atoms with Crippen LogP contribution < -0.4 is 4.74 Å². The minimum atomic E-state index is -5.08. The summed E-state index contributed by atoms with van der Waals surface area (Å²) in [7, 11) is 1.68. The standard InChI is InChI=1S/C20H28N2O3.C2HF3O2/c1-24-18-4-2-3-16(13-18)14-21-9-7-20(19(21)23)8-10-22(15-20)17-5-11-25-12-6-17;3-2(4,5)1(6)7/h2-4,13,17H,5-12,14-15H2,1H3;(H,6,7). The number of methoxy groups -OCH3 is 1. The van der Waals surface area contributed by atoms with Crippen molar-refractivity contribution in [1.82, 2.24) is 9.80 Å². The Morgan fingerprint density at radius 2 is 1.91 bits per heavy atom. The van der Waals surface area contributed by atoms with Crippen molar-refractivity contribution in [1.29, 1.82) is 0 Å². The van der Waals surface area contributed by atoms with Gasteiger partial charge in [-0.1, -0.05) is 12.1 Å². The van der Waals surface area contributed by atoms with Gasteiger partial charge in [-0.15, -0.1) is 0 Å². The summed E-state index contributed by atoms with van der Waals surface area (Å²) in [4.78, 5) is 26.7. The molecule has 32 heavy (non-hydrogen) atoms. The molecule has 3 aliphatic rings. The van der Waals surface area contributed by atoms with Gasteiger partial charge >= 0.3 is 12.1 Å². The molecule has 1 atom stereocenters. The number of hydrogen-bond donors (Lipinski definition) is 1. The fourth-order valence-corrected chi connectivity index (χ4v) is 4.68. The topological polar surface area (TPSA) is 79.3 Å². The van der Waals surface area contributed by atoms with E-state index in [-0.39, 0.29) is 5.41 Å². The van der Waals surface area contributed by atoms with Crippen molar-refractivity contribution in [3.05, 3.63) is 29.8 Å². The van der Waals surface area contributed by atoms with E-state index in [1.54, 1.807) is 7.11 Å². The maximum atomic E-state index is 13.2. The van der Waals surface area contributed by atoms with Gasteiger partial charge in [0.2, 0.25) is 5.91 Å². The highest BCUT2D eigenvalue weighted by Gasteiger charge is 2.51. The smallest absolute Gasteiger partial charge is 0.490 e. The van der Waals surface area contributed by atoms with Crippen LogP contribution in [-0.2, 0) is 20.9 Å². The third-order valence-electron chi connectivity index (χ3n) is 6.44. The fraction of sp³-hybridized carbons (Fsp3) is 0.636. The SMILES string of the molecule is COc1cccc(CN2CCC3(CCN(C4CCOCC4)C3)C2=O)c1.O=C(O)C(F)(F)F. The normalized spacial score (nSPS) is 24.5. The molecule has 178 valence electrons. The van der Waals surface area contributed by atoms with E-state index in [1.165, 1.54) is 0 Å². The van der Waals surface area contributed by atoms with Gasteiger partial charge in [0.1, 0.15) is 5.75 Å². The minimum Gasteiger partial charge on any atom is -0.497 e. The predicted octanol–water partition coefficient (Wildman–Crippen LogP) is 2.93. The summed E-state index contributed by atoms with van der Waals surface area (Å²) in [6.45, 7) is 5.29. The molecular weight excluding hydrogens is 429 g/mol. The van der Waals surface area contributed by atoms with E-state index < -0.39 is 12.1 Å². The van der Waals surface area contributed by atoms with E-state index in [0.717, 1.165) is 69.8 Å². The number of nitrogens with zero attached hydrogens (tertiary/aromatic N) is 2. The molecule has 1 amide bonds. The monoisotopic (exact) mass is 458 g/mol. The molecule has 3 aliphatic heterocycles. The summed E-state index contributed by atoms with van der Waals surface area (Å²) in [6.07, 6.45) is -0.858. The number of aliphatic carboxylic acids is 1. The quantitative estimate of drug-likeness (QED) is 0.748. The Bertz CT molecular complexity index is 813. The van der Waals surface area contributed by atoms with Gasteiger partial charge in [-0.3, -0.25) is 9.69 Å². The van der Waals surface area contributed by atoms with Crippen LogP contribution in [0.25, 0.3) is 0 Å². The molecule has 4 rings (SSSR count). The van der Waals surface area contributed by atoms with E-state index in [4.69, 9.17) is 19.4 Å². The molecule has 1 unspecified atom stereocenters. The molecule has 1 aromatic rings. The summed E-state index contributed by atoms with van der Waals surface area (Å²) in [6, 6.07) is 8.64. The van der Waals surface area contributed by atoms with Crippen molar-refractivity contribution in [2.45, 2.75) is 44.4 Å². The van der Waals surface area contributed by atoms with Gasteiger partial charge in [-0.05, 0) is 49.9 Å². The predicted molar refractivity (Wildman–Crippen MR) is 109 cm³/mol. The summed E-state index contributed by atoms with van der Waals surface area (Å²) >= 11 is 0. The molecule has 0 aromatic heterocycles. The zero-order valence-electron chi connectivity index (χ0n) is 18.1. The van der Waals surface area contributed by atoms with Crippen molar-refractivity contribution >= 4 is 11.9 Å². The molecule has 3 saturated heterocycles. The number of carbonyl (C=O) groups is 2. The number of amides is 1. The van der Waals surface area contributed by atoms with Crippen molar-refractivity contribution < 1.29 is 37.3 Å². The number of carbonyl (C=O) groups excluding carboxylic acids is 1. The van der Waals surface area contributed by atoms with E-state index in [1.807, 2.05) is 23.1 Å². The molecule has 0 bridgehead atoms. The molecular formula is C22H29F3N2O5. The van der Waals surface area contributed by atoms with Crippen LogP contribution in [0.3, 0.4) is 0 Å². The van der Waals surface area contributed by atoms with E-state index in [2.05, 4.69) is 11.0 Å². The number of likely N-dealkylation sites (tertiary alicyclic amines) is 2. The Kier molecular flexibility index (Phi) is 7.66. The molecule has 7 nitrogen and oxygen atoms in total.